The molecule has 3 saturated heterocycles. The Hall–Kier alpha value is -0.160. The second kappa shape index (κ2) is 15.7. The molecule has 3 rings (SSSR count). The van der Waals surface area contributed by atoms with Crippen molar-refractivity contribution in [1.29, 1.82) is 0 Å². The molecule has 0 spiro atoms. The lowest BCUT2D eigenvalue weighted by Crippen LogP contribution is -2.40. The Morgan fingerprint density at radius 2 is 0.778 bits per heavy atom. The molecule has 3 fully saturated rings. The van der Waals surface area contributed by atoms with E-state index in [2.05, 4.69) is 56.2 Å². The van der Waals surface area contributed by atoms with Gasteiger partial charge in [0.15, 0.2) is 0 Å². The van der Waals surface area contributed by atoms with Crippen molar-refractivity contribution >= 4 is 0 Å². The zero-order chi connectivity index (χ0) is 19.4. The zero-order valence-corrected chi connectivity index (χ0v) is 18.7. The molecule has 0 aliphatic carbocycles. The van der Waals surface area contributed by atoms with Gasteiger partial charge in [-0.2, -0.15) is 0 Å². The number of likely N-dealkylation sites (tertiary alicyclic amines) is 2. The van der Waals surface area contributed by atoms with E-state index in [1.165, 1.54) is 58.3 Å². The van der Waals surface area contributed by atoms with Crippen LogP contribution in [0.2, 0.25) is 0 Å². The second-order valence-electron chi connectivity index (χ2n) is 8.77. The highest BCUT2D eigenvalue weighted by Crippen LogP contribution is 2.11. The van der Waals surface area contributed by atoms with Gasteiger partial charge in [0.25, 0.3) is 0 Å². The largest absolute Gasteiger partial charge is 0.379 e. The zero-order valence-electron chi connectivity index (χ0n) is 18.7. The van der Waals surface area contributed by atoms with Gasteiger partial charge in [-0.1, -0.05) is 13.8 Å². The van der Waals surface area contributed by atoms with Gasteiger partial charge in [-0.05, 0) is 93.4 Å². The molecule has 0 unspecified atom stereocenters. The Labute approximate surface area is 171 Å². The Morgan fingerprint density at radius 3 is 1.04 bits per heavy atom. The van der Waals surface area contributed by atoms with Gasteiger partial charge in [-0.3, -0.25) is 4.90 Å². The molecule has 0 saturated carbocycles. The van der Waals surface area contributed by atoms with Crippen LogP contribution in [0.1, 0.15) is 81.1 Å². The van der Waals surface area contributed by atoms with Gasteiger partial charge in [0.05, 0.1) is 13.2 Å². The van der Waals surface area contributed by atoms with Crippen molar-refractivity contribution in [3.8, 4) is 0 Å². The number of morpholine rings is 1. The maximum Gasteiger partial charge on any atom is 0.0594 e. The van der Waals surface area contributed by atoms with Crippen LogP contribution in [-0.4, -0.2) is 85.3 Å². The molecular weight excluding hydrogens is 334 g/mol. The van der Waals surface area contributed by atoms with E-state index >= 15 is 0 Å². The van der Waals surface area contributed by atoms with Crippen LogP contribution in [0, 0.1) is 0 Å². The summed E-state index contributed by atoms with van der Waals surface area (Å²) in [6, 6.07) is 2.23. The molecule has 3 aliphatic heterocycles. The number of nitrogens with zero attached hydrogens (tertiary/aromatic N) is 3. The summed E-state index contributed by atoms with van der Waals surface area (Å²) >= 11 is 0. The first-order valence-electron chi connectivity index (χ1n) is 11.2. The minimum absolute atomic E-state index is 0. The maximum atomic E-state index is 5.21. The molecule has 4 nitrogen and oxygen atoms in total. The minimum atomic E-state index is 0. The lowest BCUT2D eigenvalue weighted by Gasteiger charge is -2.29. The summed E-state index contributed by atoms with van der Waals surface area (Å²) in [6.45, 7) is 22.9. The van der Waals surface area contributed by atoms with Gasteiger partial charge in [0, 0.05) is 31.2 Å². The third-order valence-corrected chi connectivity index (χ3v) is 5.77. The first kappa shape index (κ1) is 26.8. The van der Waals surface area contributed by atoms with E-state index in [0.717, 1.165) is 38.4 Å². The van der Waals surface area contributed by atoms with Gasteiger partial charge in [-0.15, -0.1) is 0 Å². The van der Waals surface area contributed by atoms with Gasteiger partial charge >= 0.3 is 0 Å². The molecule has 3 heterocycles. The smallest absolute Gasteiger partial charge is 0.0594 e. The van der Waals surface area contributed by atoms with Crippen LogP contribution in [0.4, 0.5) is 0 Å². The van der Waals surface area contributed by atoms with Gasteiger partial charge in [-0.25, -0.2) is 0 Å². The normalized spacial score (nSPS) is 22.1. The van der Waals surface area contributed by atoms with Gasteiger partial charge in [0.2, 0.25) is 0 Å². The van der Waals surface area contributed by atoms with E-state index in [4.69, 9.17) is 4.74 Å². The van der Waals surface area contributed by atoms with Crippen molar-refractivity contribution in [2.45, 2.75) is 99.2 Å². The quantitative estimate of drug-likeness (QED) is 0.699. The predicted octanol–water partition coefficient (Wildman–Crippen LogP) is 4.73. The highest BCUT2D eigenvalue weighted by Gasteiger charge is 2.13. The number of ether oxygens (including phenoxy) is 1. The Kier molecular flexibility index (Phi) is 15.6. The lowest BCUT2D eigenvalue weighted by atomic mass is 10.1. The van der Waals surface area contributed by atoms with Crippen LogP contribution in [0.3, 0.4) is 0 Å². The summed E-state index contributed by atoms with van der Waals surface area (Å²) in [6.07, 6.45) is 7.11. The van der Waals surface area contributed by atoms with E-state index in [9.17, 15) is 0 Å². The first-order chi connectivity index (χ1) is 12.4. The number of rotatable bonds is 3. The Morgan fingerprint density at radius 1 is 0.481 bits per heavy atom. The molecule has 0 N–H and O–H groups in total. The molecule has 4 heteroatoms. The average molecular weight is 386 g/mol. The maximum absolute atomic E-state index is 5.21. The molecule has 3 aliphatic rings. The molecule has 0 aromatic rings. The van der Waals surface area contributed by atoms with E-state index in [0.29, 0.717) is 6.04 Å². The van der Waals surface area contributed by atoms with E-state index in [-0.39, 0.29) is 7.43 Å². The van der Waals surface area contributed by atoms with Crippen molar-refractivity contribution in [3.05, 3.63) is 0 Å². The second-order valence-corrected chi connectivity index (χ2v) is 8.77. The van der Waals surface area contributed by atoms with E-state index in [1.54, 1.807) is 0 Å². The average Bonchev–Trinajstić information content (AvgIpc) is 3.19. The first-order valence-corrected chi connectivity index (χ1v) is 11.2. The fourth-order valence-corrected chi connectivity index (χ4v) is 3.79. The predicted molar refractivity (Wildman–Crippen MR) is 121 cm³/mol. The fourth-order valence-electron chi connectivity index (χ4n) is 3.79. The van der Waals surface area contributed by atoms with Crippen LogP contribution in [-0.2, 0) is 4.74 Å². The van der Waals surface area contributed by atoms with E-state index in [1.807, 2.05) is 0 Å². The van der Waals surface area contributed by atoms with Gasteiger partial charge < -0.3 is 14.5 Å². The highest BCUT2D eigenvalue weighted by atomic mass is 16.5. The number of hydrogen-bond acceptors (Lipinski definition) is 4. The molecule has 0 aromatic carbocycles. The lowest BCUT2D eigenvalue weighted by molar-refractivity contribution is 0.0238. The molecule has 0 amide bonds. The van der Waals surface area contributed by atoms with Crippen LogP contribution >= 0.6 is 0 Å². The summed E-state index contributed by atoms with van der Waals surface area (Å²) in [7, 11) is 0. The third-order valence-electron chi connectivity index (χ3n) is 5.77. The van der Waals surface area contributed by atoms with Crippen molar-refractivity contribution in [1.82, 2.24) is 14.7 Å². The summed E-state index contributed by atoms with van der Waals surface area (Å²) in [4.78, 5) is 7.52. The minimum Gasteiger partial charge on any atom is -0.379 e. The summed E-state index contributed by atoms with van der Waals surface area (Å²) < 4.78 is 5.21. The van der Waals surface area contributed by atoms with Crippen LogP contribution < -0.4 is 0 Å². The molecule has 27 heavy (non-hydrogen) atoms. The Balaban J connectivity index is 0.000000369. The molecule has 0 aromatic heterocycles. The summed E-state index contributed by atoms with van der Waals surface area (Å²) in [5.41, 5.74) is 0. The SMILES string of the molecule is C.CC(C)N1CCCC1.CC(C)N1CCCCC1.CC(C)N1CCOCC1. The van der Waals surface area contributed by atoms with Crippen LogP contribution in [0.15, 0.2) is 0 Å². The molecule has 0 atom stereocenters. The molecule has 0 radical (unpaired) electrons. The van der Waals surface area contributed by atoms with E-state index < -0.39 is 0 Å². The van der Waals surface area contributed by atoms with Crippen LogP contribution in [0.25, 0.3) is 0 Å². The summed E-state index contributed by atoms with van der Waals surface area (Å²) in [5.74, 6) is 0. The highest BCUT2D eigenvalue weighted by molar-refractivity contribution is 4.69. The van der Waals surface area contributed by atoms with Crippen molar-refractivity contribution < 1.29 is 4.74 Å². The Bertz CT molecular complexity index is 294. The van der Waals surface area contributed by atoms with Gasteiger partial charge in [0.1, 0.15) is 0 Å². The van der Waals surface area contributed by atoms with Crippen molar-refractivity contribution in [2.24, 2.45) is 0 Å². The monoisotopic (exact) mass is 385 g/mol. The third kappa shape index (κ3) is 12.1. The topological polar surface area (TPSA) is 19.0 Å². The number of piperidine rings is 1. The summed E-state index contributed by atoms with van der Waals surface area (Å²) in [5, 5.41) is 0. The molecule has 164 valence electrons. The van der Waals surface area contributed by atoms with Crippen molar-refractivity contribution in [3.63, 3.8) is 0 Å². The van der Waals surface area contributed by atoms with Crippen molar-refractivity contribution in [2.75, 3.05) is 52.5 Å². The molecule has 0 bridgehead atoms. The number of hydrogen-bond donors (Lipinski definition) is 0. The fraction of sp³-hybridized carbons (Fsp3) is 1.00. The molecular formula is C23H51N3O. The standard InChI is InChI=1S/C8H17N.C7H15NO.C7H15N.CH4/c1-8(2)9-6-4-3-5-7-9;1-7(2)8-3-5-9-6-4-8;1-7(2)8-5-3-4-6-8;/h8H,3-7H2,1-2H3;7H,3-6H2,1-2H3;7H,3-6H2,1-2H3;1H4. The van der Waals surface area contributed by atoms with Crippen LogP contribution in [0.5, 0.6) is 0 Å².